The normalized spacial score (nSPS) is 19.9. The fourth-order valence-electron chi connectivity index (χ4n) is 4.77. The standard InChI is InChI=1S/C28H34ClN3O6/c29-21-2-1-3-25(18-21)38-24-12-16-32(17-13-24)28(36)31-15-14-30-26(33)19-4-8-22(9-5-19)37-23-10-6-20(7-11-23)27(34)35/h1-5,8-9,18,20,23-24H,6-7,10-17H2,(H,30,33)(H,31,36)(H,34,35)/t20-,23+. The summed E-state index contributed by atoms with van der Waals surface area (Å²) < 4.78 is 11.9. The first-order valence-electron chi connectivity index (χ1n) is 13.1. The van der Waals surface area contributed by atoms with Crippen LogP contribution in [0.3, 0.4) is 0 Å². The minimum Gasteiger partial charge on any atom is -0.490 e. The van der Waals surface area contributed by atoms with Crippen LogP contribution in [0.15, 0.2) is 48.5 Å². The average molecular weight is 544 g/mol. The third kappa shape index (κ3) is 8.02. The lowest BCUT2D eigenvalue weighted by atomic mass is 9.87. The maximum Gasteiger partial charge on any atom is 0.317 e. The Morgan fingerprint density at radius 2 is 1.47 bits per heavy atom. The smallest absolute Gasteiger partial charge is 0.317 e. The van der Waals surface area contributed by atoms with Gasteiger partial charge in [-0.25, -0.2) is 4.79 Å². The lowest BCUT2D eigenvalue weighted by Crippen LogP contribution is -2.47. The second kappa shape index (κ2) is 13.4. The molecule has 0 aromatic heterocycles. The predicted molar refractivity (Wildman–Crippen MR) is 143 cm³/mol. The van der Waals surface area contributed by atoms with Crippen LogP contribution in [0.4, 0.5) is 4.79 Å². The minimum absolute atomic E-state index is 0.00448. The molecule has 9 nitrogen and oxygen atoms in total. The first kappa shape index (κ1) is 27.6. The van der Waals surface area contributed by atoms with E-state index in [1.807, 2.05) is 12.1 Å². The number of carboxylic acid groups (broad SMARTS) is 1. The van der Waals surface area contributed by atoms with Gasteiger partial charge in [-0.3, -0.25) is 9.59 Å². The molecule has 2 fully saturated rings. The molecule has 4 rings (SSSR count). The molecular weight excluding hydrogens is 510 g/mol. The number of urea groups is 1. The lowest BCUT2D eigenvalue weighted by Gasteiger charge is -2.32. The Labute approximate surface area is 227 Å². The number of carbonyl (C=O) groups excluding carboxylic acids is 2. The number of aliphatic carboxylic acids is 1. The molecule has 0 radical (unpaired) electrons. The van der Waals surface area contributed by atoms with E-state index < -0.39 is 5.97 Å². The number of rotatable bonds is 9. The highest BCUT2D eigenvalue weighted by molar-refractivity contribution is 6.30. The molecule has 1 heterocycles. The molecule has 1 saturated heterocycles. The first-order valence-corrected chi connectivity index (χ1v) is 13.5. The average Bonchev–Trinajstić information content (AvgIpc) is 2.92. The van der Waals surface area contributed by atoms with Crippen molar-refractivity contribution in [2.75, 3.05) is 26.2 Å². The zero-order chi connectivity index (χ0) is 26.9. The number of halogens is 1. The quantitative estimate of drug-likeness (QED) is 0.405. The third-order valence-electron chi connectivity index (χ3n) is 6.96. The Balaban J connectivity index is 1.10. The Morgan fingerprint density at radius 3 is 2.13 bits per heavy atom. The van der Waals surface area contributed by atoms with Gasteiger partial charge in [0.25, 0.3) is 5.91 Å². The fraction of sp³-hybridized carbons (Fsp3) is 0.464. The van der Waals surface area contributed by atoms with Gasteiger partial charge in [0.1, 0.15) is 17.6 Å². The predicted octanol–water partition coefficient (Wildman–Crippen LogP) is 4.35. The Hall–Kier alpha value is -3.46. The summed E-state index contributed by atoms with van der Waals surface area (Å²) in [5.41, 5.74) is 0.500. The summed E-state index contributed by atoms with van der Waals surface area (Å²) in [6.45, 7) is 1.82. The monoisotopic (exact) mass is 543 g/mol. The molecule has 0 unspecified atom stereocenters. The fourth-order valence-corrected chi connectivity index (χ4v) is 4.95. The van der Waals surface area contributed by atoms with Gasteiger partial charge in [0, 0.05) is 49.6 Å². The second-order valence-corrected chi connectivity index (χ2v) is 10.1. The number of ether oxygens (including phenoxy) is 2. The summed E-state index contributed by atoms with van der Waals surface area (Å²) in [5, 5.41) is 15.4. The number of carboxylic acids is 1. The number of likely N-dealkylation sites (tertiary alicyclic amines) is 1. The van der Waals surface area contributed by atoms with Crippen LogP contribution in [-0.2, 0) is 4.79 Å². The molecule has 0 spiro atoms. The second-order valence-electron chi connectivity index (χ2n) is 9.70. The van der Waals surface area contributed by atoms with Crippen molar-refractivity contribution in [3.8, 4) is 11.5 Å². The molecule has 2 aromatic carbocycles. The summed E-state index contributed by atoms with van der Waals surface area (Å²) in [5.74, 6) is 0.149. The van der Waals surface area contributed by atoms with Crippen molar-refractivity contribution < 1.29 is 29.0 Å². The Morgan fingerprint density at radius 1 is 0.842 bits per heavy atom. The Kier molecular flexibility index (Phi) is 9.70. The van der Waals surface area contributed by atoms with Crippen LogP contribution in [0.25, 0.3) is 0 Å². The van der Waals surface area contributed by atoms with Gasteiger partial charge in [0.05, 0.1) is 12.0 Å². The van der Waals surface area contributed by atoms with Gasteiger partial charge in [-0.2, -0.15) is 0 Å². The highest BCUT2D eigenvalue weighted by Gasteiger charge is 2.27. The maximum absolute atomic E-state index is 12.5. The molecule has 1 aliphatic carbocycles. The molecule has 10 heteroatoms. The number of nitrogens with one attached hydrogen (secondary N) is 2. The number of piperidine rings is 1. The molecule has 1 aliphatic heterocycles. The van der Waals surface area contributed by atoms with E-state index in [1.165, 1.54) is 0 Å². The first-order chi connectivity index (χ1) is 18.4. The molecule has 2 aliphatic rings. The van der Waals surface area contributed by atoms with Gasteiger partial charge >= 0.3 is 12.0 Å². The SMILES string of the molecule is O=C(NCCNC(=O)N1CCC(Oc2cccc(Cl)c2)CC1)c1ccc(O[C@H]2CC[C@@H](C(=O)O)CC2)cc1. The summed E-state index contributed by atoms with van der Waals surface area (Å²) in [4.78, 5) is 37.8. The number of hydrogen-bond acceptors (Lipinski definition) is 5. The van der Waals surface area contributed by atoms with Crippen LogP contribution < -0.4 is 20.1 Å². The van der Waals surface area contributed by atoms with Gasteiger partial charge in [-0.05, 0) is 68.1 Å². The number of amides is 3. The zero-order valence-electron chi connectivity index (χ0n) is 21.2. The summed E-state index contributed by atoms with van der Waals surface area (Å²) in [6, 6.07) is 14.0. The van der Waals surface area contributed by atoms with Gasteiger partial charge in [0.15, 0.2) is 0 Å². The minimum atomic E-state index is -0.737. The van der Waals surface area contributed by atoms with E-state index >= 15 is 0 Å². The molecule has 0 bridgehead atoms. The van der Waals surface area contributed by atoms with E-state index in [-0.39, 0.29) is 30.1 Å². The Bertz CT molecular complexity index is 1100. The van der Waals surface area contributed by atoms with Crippen molar-refractivity contribution in [1.82, 2.24) is 15.5 Å². The maximum atomic E-state index is 12.5. The van der Waals surface area contributed by atoms with Gasteiger partial charge in [0.2, 0.25) is 0 Å². The van der Waals surface area contributed by atoms with Crippen molar-refractivity contribution in [1.29, 1.82) is 0 Å². The van der Waals surface area contributed by atoms with Crippen LogP contribution in [0.5, 0.6) is 11.5 Å². The van der Waals surface area contributed by atoms with Crippen molar-refractivity contribution in [2.24, 2.45) is 5.92 Å². The largest absolute Gasteiger partial charge is 0.490 e. The van der Waals surface area contributed by atoms with Crippen molar-refractivity contribution in [3.63, 3.8) is 0 Å². The molecular formula is C28H34ClN3O6. The van der Waals surface area contributed by atoms with Crippen LogP contribution in [0.2, 0.25) is 5.02 Å². The highest BCUT2D eigenvalue weighted by atomic mass is 35.5. The van der Waals surface area contributed by atoms with Crippen molar-refractivity contribution in [2.45, 2.75) is 50.7 Å². The van der Waals surface area contributed by atoms with Gasteiger partial charge in [-0.15, -0.1) is 0 Å². The van der Waals surface area contributed by atoms with Crippen LogP contribution >= 0.6 is 11.6 Å². The molecule has 2 aromatic rings. The van der Waals surface area contributed by atoms with E-state index in [0.29, 0.717) is 68.2 Å². The van der Waals surface area contributed by atoms with E-state index in [0.717, 1.165) is 18.6 Å². The lowest BCUT2D eigenvalue weighted by molar-refractivity contribution is -0.143. The van der Waals surface area contributed by atoms with Gasteiger partial charge < -0.3 is 30.1 Å². The molecule has 1 saturated carbocycles. The van der Waals surface area contributed by atoms with E-state index in [1.54, 1.807) is 41.3 Å². The van der Waals surface area contributed by atoms with Crippen LogP contribution in [0.1, 0.15) is 48.9 Å². The topological polar surface area (TPSA) is 117 Å². The van der Waals surface area contributed by atoms with Crippen LogP contribution in [0, 0.1) is 5.92 Å². The summed E-state index contributed by atoms with van der Waals surface area (Å²) in [7, 11) is 0. The molecule has 204 valence electrons. The summed E-state index contributed by atoms with van der Waals surface area (Å²) >= 11 is 6.01. The number of hydrogen-bond donors (Lipinski definition) is 3. The van der Waals surface area contributed by atoms with E-state index in [4.69, 9.17) is 26.2 Å². The van der Waals surface area contributed by atoms with Crippen molar-refractivity contribution >= 4 is 29.5 Å². The number of carbonyl (C=O) groups is 3. The zero-order valence-corrected chi connectivity index (χ0v) is 22.0. The van der Waals surface area contributed by atoms with E-state index in [2.05, 4.69) is 10.6 Å². The molecule has 3 N–H and O–H groups in total. The van der Waals surface area contributed by atoms with E-state index in [9.17, 15) is 14.4 Å². The van der Waals surface area contributed by atoms with Crippen LogP contribution in [-0.4, -0.2) is 66.3 Å². The molecule has 0 atom stereocenters. The molecule has 3 amide bonds. The third-order valence-corrected chi connectivity index (χ3v) is 7.19. The highest BCUT2D eigenvalue weighted by Crippen LogP contribution is 2.28. The number of nitrogens with zero attached hydrogens (tertiary/aromatic N) is 1. The van der Waals surface area contributed by atoms with Crippen molar-refractivity contribution in [3.05, 3.63) is 59.1 Å². The van der Waals surface area contributed by atoms with Gasteiger partial charge in [-0.1, -0.05) is 17.7 Å². The molecule has 38 heavy (non-hydrogen) atoms. The number of benzene rings is 2. The summed E-state index contributed by atoms with van der Waals surface area (Å²) in [6.07, 6.45) is 4.16.